The normalized spacial score (nSPS) is 24.8. The van der Waals surface area contributed by atoms with Crippen LogP contribution in [-0.2, 0) is 6.54 Å². The summed E-state index contributed by atoms with van der Waals surface area (Å²) in [5.41, 5.74) is 0. The Kier molecular flexibility index (Phi) is 6.78. The first-order valence-electron chi connectivity index (χ1n) is 7.79. The first-order chi connectivity index (χ1) is 9.81. The molecule has 3 atom stereocenters. The fraction of sp³-hybridized carbons (Fsp3) is 0.800. The summed E-state index contributed by atoms with van der Waals surface area (Å²) in [6, 6.07) is 0.382. The van der Waals surface area contributed by atoms with Crippen LogP contribution >= 0.6 is 23.5 Å². The highest BCUT2D eigenvalue weighted by Crippen LogP contribution is 2.39. The van der Waals surface area contributed by atoms with E-state index in [-0.39, 0.29) is 0 Å². The minimum atomic E-state index is 0.382. The van der Waals surface area contributed by atoms with Gasteiger partial charge in [-0.15, -0.1) is 0 Å². The van der Waals surface area contributed by atoms with E-state index in [9.17, 15) is 0 Å². The number of nitrogens with zero attached hydrogens (tertiary/aromatic N) is 2. The van der Waals surface area contributed by atoms with E-state index in [4.69, 9.17) is 0 Å². The summed E-state index contributed by atoms with van der Waals surface area (Å²) in [6.07, 6.45) is 6.47. The standard InChI is InChI=1S/C15H27N3S2/c1-4-7-16-13(15-17-8-9-18(15)6-3)14-12(5-2)19-10-11-20-14/h8-9,12-14,16H,4-7,10-11H2,1-3H3. The Morgan fingerprint density at radius 3 is 2.85 bits per heavy atom. The van der Waals surface area contributed by atoms with Crippen molar-refractivity contribution in [1.82, 2.24) is 14.9 Å². The van der Waals surface area contributed by atoms with Crippen LogP contribution in [0.4, 0.5) is 0 Å². The molecule has 3 nitrogen and oxygen atoms in total. The van der Waals surface area contributed by atoms with Gasteiger partial charge in [-0.1, -0.05) is 13.8 Å². The van der Waals surface area contributed by atoms with Crippen molar-refractivity contribution >= 4 is 23.5 Å². The van der Waals surface area contributed by atoms with Crippen molar-refractivity contribution in [3.05, 3.63) is 18.2 Å². The zero-order valence-electron chi connectivity index (χ0n) is 12.8. The Balaban J connectivity index is 2.21. The molecule has 2 rings (SSSR count). The lowest BCUT2D eigenvalue weighted by atomic mass is 10.1. The number of hydrogen-bond acceptors (Lipinski definition) is 4. The molecule has 1 aromatic rings. The number of nitrogens with one attached hydrogen (secondary N) is 1. The van der Waals surface area contributed by atoms with Crippen molar-refractivity contribution in [2.45, 2.75) is 56.7 Å². The third-order valence-corrected chi connectivity index (χ3v) is 7.15. The van der Waals surface area contributed by atoms with Gasteiger partial charge in [-0.3, -0.25) is 0 Å². The van der Waals surface area contributed by atoms with E-state index in [2.05, 4.69) is 65.4 Å². The van der Waals surface area contributed by atoms with Crippen LogP contribution in [0.1, 0.15) is 45.5 Å². The second-order valence-corrected chi connectivity index (χ2v) is 7.79. The van der Waals surface area contributed by atoms with Gasteiger partial charge in [0.2, 0.25) is 0 Å². The van der Waals surface area contributed by atoms with Gasteiger partial charge in [0.25, 0.3) is 0 Å². The highest BCUT2D eigenvalue weighted by atomic mass is 32.2. The molecule has 1 saturated heterocycles. The van der Waals surface area contributed by atoms with Crippen LogP contribution in [-0.4, -0.2) is 38.1 Å². The molecule has 1 aliphatic rings. The average molecular weight is 314 g/mol. The highest BCUT2D eigenvalue weighted by molar-refractivity contribution is 8.07. The summed E-state index contributed by atoms with van der Waals surface area (Å²) in [5, 5.41) is 5.14. The maximum absolute atomic E-state index is 4.66. The lowest BCUT2D eigenvalue weighted by Crippen LogP contribution is -2.40. The van der Waals surface area contributed by atoms with Gasteiger partial charge in [0, 0.05) is 40.9 Å². The predicted octanol–water partition coefficient (Wildman–Crippen LogP) is 3.57. The summed E-state index contributed by atoms with van der Waals surface area (Å²) in [5.74, 6) is 3.78. The molecule has 0 bridgehead atoms. The average Bonchev–Trinajstić information content (AvgIpc) is 2.96. The number of aryl methyl sites for hydroxylation is 1. The van der Waals surface area contributed by atoms with E-state index in [0.717, 1.165) is 18.3 Å². The van der Waals surface area contributed by atoms with Crippen molar-refractivity contribution < 1.29 is 0 Å². The Labute approximate surface area is 131 Å². The molecular formula is C15H27N3S2. The number of thioether (sulfide) groups is 2. The molecule has 2 heterocycles. The van der Waals surface area contributed by atoms with Crippen molar-refractivity contribution in [2.75, 3.05) is 18.1 Å². The zero-order chi connectivity index (χ0) is 14.4. The van der Waals surface area contributed by atoms with Crippen LogP contribution in [0.3, 0.4) is 0 Å². The van der Waals surface area contributed by atoms with Gasteiger partial charge in [-0.2, -0.15) is 23.5 Å². The number of aromatic nitrogens is 2. The topological polar surface area (TPSA) is 29.9 Å². The molecule has 0 amide bonds. The maximum Gasteiger partial charge on any atom is 0.127 e. The molecule has 1 fully saturated rings. The number of rotatable bonds is 7. The third kappa shape index (κ3) is 3.74. The van der Waals surface area contributed by atoms with E-state index < -0.39 is 0 Å². The van der Waals surface area contributed by atoms with Crippen LogP contribution in [0.25, 0.3) is 0 Å². The van der Waals surface area contributed by atoms with Crippen LogP contribution < -0.4 is 5.32 Å². The van der Waals surface area contributed by atoms with Crippen LogP contribution in [0.2, 0.25) is 0 Å². The molecule has 0 saturated carbocycles. The fourth-order valence-corrected chi connectivity index (χ4v) is 5.98. The summed E-state index contributed by atoms with van der Waals surface area (Å²) >= 11 is 4.28. The van der Waals surface area contributed by atoms with Gasteiger partial charge in [0.1, 0.15) is 5.82 Å². The summed E-state index contributed by atoms with van der Waals surface area (Å²) < 4.78 is 2.29. The Morgan fingerprint density at radius 1 is 1.35 bits per heavy atom. The molecule has 0 radical (unpaired) electrons. The summed E-state index contributed by atoms with van der Waals surface area (Å²) in [7, 11) is 0. The zero-order valence-corrected chi connectivity index (χ0v) is 14.5. The van der Waals surface area contributed by atoms with Crippen molar-refractivity contribution in [1.29, 1.82) is 0 Å². The molecule has 1 aromatic heterocycles. The molecule has 1 aliphatic heterocycles. The van der Waals surface area contributed by atoms with Gasteiger partial charge in [0.05, 0.1) is 6.04 Å². The van der Waals surface area contributed by atoms with Gasteiger partial charge < -0.3 is 9.88 Å². The van der Waals surface area contributed by atoms with E-state index in [1.807, 2.05) is 6.20 Å². The highest BCUT2D eigenvalue weighted by Gasteiger charge is 2.34. The summed E-state index contributed by atoms with van der Waals surface area (Å²) in [6.45, 7) is 8.82. The van der Waals surface area contributed by atoms with E-state index in [1.54, 1.807) is 0 Å². The maximum atomic E-state index is 4.66. The van der Waals surface area contributed by atoms with Crippen LogP contribution in [0.5, 0.6) is 0 Å². The number of imidazole rings is 1. The molecule has 0 aromatic carbocycles. The van der Waals surface area contributed by atoms with E-state index in [1.165, 1.54) is 30.2 Å². The first-order valence-corrected chi connectivity index (χ1v) is 9.89. The molecule has 5 heteroatoms. The Morgan fingerprint density at radius 2 is 2.15 bits per heavy atom. The van der Waals surface area contributed by atoms with E-state index >= 15 is 0 Å². The molecule has 1 N–H and O–H groups in total. The Bertz CT molecular complexity index is 394. The van der Waals surface area contributed by atoms with Gasteiger partial charge >= 0.3 is 0 Å². The third-order valence-electron chi connectivity index (χ3n) is 3.80. The van der Waals surface area contributed by atoms with Crippen LogP contribution in [0, 0.1) is 0 Å². The van der Waals surface area contributed by atoms with Crippen molar-refractivity contribution in [3.63, 3.8) is 0 Å². The molecule has 0 aliphatic carbocycles. The second kappa shape index (κ2) is 8.35. The van der Waals surface area contributed by atoms with Gasteiger partial charge in [-0.25, -0.2) is 4.98 Å². The lowest BCUT2D eigenvalue weighted by Gasteiger charge is -2.36. The molecule has 3 unspecified atom stereocenters. The lowest BCUT2D eigenvalue weighted by molar-refractivity contribution is 0.458. The minimum Gasteiger partial charge on any atom is -0.334 e. The second-order valence-electron chi connectivity index (χ2n) is 5.16. The monoisotopic (exact) mass is 313 g/mol. The fourth-order valence-electron chi connectivity index (χ4n) is 2.77. The van der Waals surface area contributed by atoms with Gasteiger partial charge in [-0.05, 0) is 26.3 Å². The number of hydrogen-bond donors (Lipinski definition) is 1. The van der Waals surface area contributed by atoms with Crippen molar-refractivity contribution in [2.24, 2.45) is 0 Å². The Hall–Kier alpha value is -0.130. The quantitative estimate of drug-likeness (QED) is 0.833. The first kappa shape index (κ1) is 16.2. The predicted molar refractivity (Wildman–Crippen MR) is 91.7 cm³/mol. The summed E-state index contributed by atoms with van der Waals surface area (Å²) in [4.78, 5) is 4.66. The minimum absolute atomic E-state index is 0.382. The van der Waals surface area contributed by atoms with E-state index in [0.29, 0.717) is 11.3 Å². The SMILES string of the molecule is CCCNC(c1nccn1CC)C1SCCSC1CC. The van der Waals surface area contributed by atoms with Crippen LogP contribution in [0.15, 0.2) is 12.4 Å². The van der Waals surface area contributed by atoms with Gasteiger partial charge in [0.15, 0.2) is 0 Å². The molecule has 0 spiro atoms. The largest absolute Gasteiger partial charge is 0.334 e. The van der Waals surface area contributed by atoms with Crippen molar-refractivity contribution in [3.8, 4) is 0 Å². The molecular weight excluding hydrogens is 286 g/mol. The molecule has 114 valence electrons. The molecule has 20 heavy (non-hydrogen) atoms. The smallest absolute Gasteiger partial charge is 0.127 e.